The maximum atomic E-state index is 11.2. The van der Waals surface area contributed by atoms with E-state index in [0.29, 0.717) is 5.82 Å². The molecule has 13 heavy (non-hydrogen) atoms. The zero-order valence-corrected chi connectivity index (χ0v) is 9.05. The molecule has 1 heterocycles. The zero-order valence-electron chi connectivity index (χ0n) is 7.47. The smallest absolute Gasteiger partial charge is 0.269 e. The molecule has 2 N–H and O–H groups in total. The first kappa shape index (κ1) is 10.2. The third kappa shape index (κ3) is 2.09. The molecule has 1 aromatic rings. The Morgan fingerprint density at radius 2 is 2.31 bits per heavy atom. The minimum absolute atomic E-state index is 0.0829. The number of nitrogens with one attached hydrogen (secondary N) is 1. The van der Waals surface area contributed by atoms with E-state index in [0.717, 1.165) is 6.42 Å². The molecule has 0 aliphatic carbocycles. The van der Waals surface area contributed by atoms with Gasteiger partial charge in [-0.1, -0.05) is 13.8 Å². The molecule has 0 bridgehead atoms. The first-order valence-corrected chi connectivity index (χ1v) is 4.84. The highest BCUT2D eigenvalue weighted by atomic mass is 79.9. The number of hydrogen-bond acceptors (Lipinski definition) is 3. The molecule has 5 heteroatoms. The van der Waals surface area contributed by atoms with Gasteiger partial charge in [0.25, 0.3) is 5.56 Å². The van der Waals surface area contributed by atoms with E-state index in [9.17, 15) is 9.90 Å². The first-order valence-electron chi connectivity index (χ1n) is 4.05. The maximum Gasteiger partial charge on any atom is 0.269 e. The summed E-state index contributed by atoms with van der Waals surface area (Å²) in [5, 5.41) is 9.25. The Labute approximate surface area is 84.2 Å². The van der Waals surface area contributed by atoms with Gasteiger partial charge in [0.05, 0.1) is 0 Å². The van der Waals surface area contributed by atoms with Crippen molar-refractivity contribution < 1.29 is 5.11 Å². The van der Waals surface area contributed by atoms with Gasteiger partial charge in [-0.3, -0.25) is 4.79 Å². The average molecular weight is 247 g/mol. The van der Waals surface area contributed by atoms with E-state index in [2.05, 4.69) is 25.9 Å². The fourth-order valence-electron chi connectivity index (χ4n) is 0.891. The Morgan fingerprint density at radius 3 is 2.77 bits per heavy atom. The third-order valence-corrected chi connectivity index (χ3v) is 2.66. The van der Waals surface area contributed by atoms with Crippen LogP contribution in [0.3, 0.4) is 0 Å². The number of aromatic hydroxyl groups is 1. The van der Waals surface area contributed by atoms with Crippen LogP contribution in [-0.2, 0) is 0 Å². The van der Waals surface area contributed by atoms with Crippen molar-refractivity contribution in [3.63, 3.8) is 0 Å². The molecule has 0 aromatic carbocycles. The molecule has 0 fully saturated rings. The van der Waals surface area contributed by atoms with Crippen molar-refractivity contribution in [3.05, 3.63) is 20.7 Å². The Kier molecular flexibility index (Phi) is 3.08. The number of halogens is 1. The van der Waals surface area contributed by atoms with Crippen molar-refractivity contribution in [1.29, 1.82) is 0 Å². The minimum atomic E-state index is -0.345. The van der Waals surface area contributed by atoms with E-state index in [1.165, 1.54) is 0 Å². The highest BCUT2D eigenvalue weighted by molar-refractivity contribution is 9.10. The van der Waals surface area contributed by atoms with Gasteiger partial charge in [0.2, 0.25) is 5.88 Å². The molecule has 1 unspecified atom stereocenters. The van der Waals surface area contributed by atoms with Gasteiger partial charge in [0.15, 0.2) is 0 Å². The van der Waals surface area contributed by atoms with Crippen molar-refractivity contribution in [2.45, 2.75) is 26.2 Å². The second-order valence-corrected chi connectivity index (χ2v) is 3.69. The summed E-state index contributed by atoms with van der Waals surface area (Å²) < 4.78 is 0.0829. The lowest BCUT2D eigenvalue weighted by atomic mass is 10.1. The number of aromatic nitrogens is 2. The van der Waals surface area contributed by atoms with Crippen LogP contribution in [0.2, 0.25) is 0 Å². The Balaban J connectivity index is 3.21. The summed E-state index contributed by atoms with van der Waals surface area (Å²) in [6, 6.07) is 0. The molecule has 0 saturated carbocycles. The van der Waals surface area contributed by atoms with E-state index in [1.54, 1.807) is 0 Å². The number of hydrogen-bond donors (Lipinski definition) is 2. The predicted octanol–water partition coefficient (Wildman–Crippen LogP) is 1.75. The lowest BCUT2D eigenvalue weighted by molar-refractivity contribution is 0.440. The Hall–Kier alpha value is -0.840. The molecule has 1 aromatic heterocycles. The lowest BCUT2D eigenvalue weighted by Crippen LogP contribution is -2.13. The van der Waals surface area contributed by atoms with Crippen LogP contribution in [0.4, 0.5) is 0 Å². The number of H-pyrrole nitrogens is 1. The van der Waals surface area contributed by atoms with Crippen molar-refractivity contribution in [1.82, 2.24) is 9.97 Å². The molecule has 4 nitrogen and oxygen atoms in total. The van der Waals surface area contributed by atoms with Crippen molar-refractivity contribution in [2.75, 3.05) is 0 Å². The van der Waals surface area contributed by atoms with Gasteiger partial charge >= 0.3 is 0 Å². The van der Waals surface area contributed by atoms with Crippen molar-refractivity contribution in [3.8, 4) is 5.88 Å². The highest BCUT2D eigenvalue weighted by Gasteiger charge is 2.11. The molecule has 1 atom stereocenters. The Morgan fingerprint density at radius 1 is 1.69 bits per heavy atom. The summed E-state index contributed by atoms with van der Waals surface area (Å²) in [6.07, 6.45) is 0.865. The summed E-state index contributed by atoms with van der Waals surface area (Å²) in [5.41, 5.74) is -0.345. The molecule has 0 radical (unpaired) electrons. The van der Waals surface area contributed by atoms with Crippen LogP contribution in [0.5, 0.6) is 5.88 Å². The van der Waals surface area contributed by atoms with E-state index in [1.807, 2.05) is 13.8 Å². The van der Waals surface area contributed by atoms with Crippen molar-refractivity contribution >= 4 is 15.9 Å². The second kappa shape index (κ2) is 3.91. The standard InChI is InChI=1S/C8H11BrN2O2/c1-3-4(2)6-10-7(12)5(9)8(13)11-6/h4H,3H2,1-2H3,(H2,10,11,12,13). The van der Waals surface area contributed by atoms with Crippen LogP contribution in [0.15, 0.2) is 9.27 Å². The molecule has 0 spiro atoms. The zero-order chi connectivity index (χ0) is 10.0. The molecular weight excluding hydrogens is 236 g/mol. The second-order valence-electron chi connectivity index (χ2n) is 2.90. The van der Waals surface area contributed by atoms with E-state index >= 15 is 0 Å². The maximum absolute atomic E-state index is 11.2. The van der Waals surface area contributed by atoms with Gasteiger partial charge < -0.3 is 10.1 Å². The number of aromatic amines is 1. The van der Waals surface area contributed by atoms with Crippen LogP contribution >= 0.6 is 15.9 Å². The van der Waals surface area contributed by atoms with Gasteiger partial charge in [-0.05, 0) is 22.4 Å². The van der Waals surface area contributed by atoms with Gasteiger partial charge in [-0.2, -0.15) is 4.98 Å². The van der Waals surface area contributed by atoms with Gasteiger partial charge in [-0.15, -0.1) is 0 Å². The molecule has 0 aliphatic rings. The van der Waals surface area contributed by atoms with Gasteiger partial charge in [0, 0.05) is 5.92 Å². The fourth-order valence-corrected chi connectivity index (χ4v) is 1.08. The SMILES string of the molecule is CCC(C)c1nc(O)c(Br)c(=O)[nH]1. The number of nitrogens with zero attached hydrogens (tertiary/aromatic N) is 1. The average Bonchev–Trinajstić information content (AvgIpc) is 2.12. The minimum Gasteiger partial charge on any atom is -0.492 e. The van der Waals surface area contributed by atoms with E-state index in [4.69, 9.17) is 0 Å². The van der Waals surface area contributed by atoms with Crippen LogP contribution in [0.25, 0.3) is 0 Å². The van der Waals surface area contributed by atoms with Crippen LogP contribution in [-0.4, -0.2) is 15.1 Å². The summed E-state index contributed by atoms with van der Waals surface area (Å²) in [5.74, 6) is 0.416. The van der Waals surface area contributed by atoms with E-state index in [-0.39, 0.29) is 21.8 Å². The summed E-state index contributed by atoms with van der Waals surface area (Å²) in [4.78, 5) is 17.6. The topological polar surface area (TPSA) is 66.0 Å². The highest BCUT2D eigenvalue weighted by Crippen LogP contribution is 2.19. The van der Waals surface area contributed by atoms with E-state index < -0.39 is 0 Å². The summed E-state index contributed by atoms with van der Waals surface area (Å²) >= 11 is 2.93. The quantitative estimate of drug-likeness (QED) is 0.836. The van der Waals surface area contributed by atoms with Gasteiger partial charge in [-0.25, -0.2) is 0 Å². The normalized spacial score (nSPS) is 12.8. The fraction of sp³-hybridized carbons (Fsp3) is 0.500. The molecule has 0 saturated heterocycles. The summed E-state index contributed by atoms with van der Waals surface area (Å²) in [7, 11) is 0. The monoisotopic (exact) mass is 246 g/mol. The molecule has 0 aliphatic heterocycles. The molecule has 0 amide bonds. The van der Waals surface area contributed by atoms with Crippen LogP contribution < -0.4 is 5.56 Å². The predicted molar refractivity (Wildman–Crippen MR) is 52.9 cm³/mol. The lowest BCUT2D eigenvalue weighted by Gasteiger charge is -2.07. The van der Waals surface area contributed by atoms with Crippen molar-refractivity contribution in [2.24, 2.45) is 0 Å². The Bertz CT molecular complexity index is 362. The molecular formula is C8H11BrN2O2. The first-order chi connectivity index (χ1) is 6.06. The summed E-state index contributed by atoms with van der Waals surface area (Å²) in [6.45, 7) is 3.93. The number of rotatable bonds is 2. The molecule has 1 rings (SSSR count). The van der Waals surface area contributed by atoms with Crippen LogP contribution in [0, 0.1) is 0 Å². The van der Waals surface area contributed by atoms with Gasteiger partial charge in [0.1, 0.15) is 10.3 Å². The third-order valence-electron chi connectivity index (χ3n) is 1.94. The largest absolute Gasteiger partial charge is 0.492 e. The van der Waals surface area contributed by atoms with Crippen LogP contribution in [0.1, 0.15) is 32.0 Å². The molecule has 72 valence electrons.